The van der Waals surface area contributed by atoms with Crippen molar-refractivity contribution in [2.24, 2.45) is 11.7 Å². The molecule has 1 aliphatic carbocycles. The molecule has 1 heterocycles. The van der Waals surface area contributed by atoms with Gasteiger partial charge in [0.05, 0.1) is 6.10 Å². The van der Waals surface area contributed by atoms with E-state index in [1.165, 1.54) is 12.8 Å². The molecule has 0 radical (unpaired) electrons. The molecule has 1 amide bonds. The summed E-state index contributed by atoms with van der Waals surface area (Å²) in [5.41, 5.74) is 5.45. The molecule has 0 aromatic rings. The first-order chi connectivity index (χ1) is 9.31. The summed E-state index contributed by atoms with van der Waals surface area (Å²) in [5, 5.41) is 3.24. The molecule has 2 rings (SSSR count). The molecule has 4 nitrogen and oxygen atoms in total. The smallest absolute Gasteiger partial charge is 0.220 e. The van der Waals surface area contributed by atoms with Crippen LogP contribution in [0.5, 0.6) is 0 Å². The third kappa shape index (κ3) is 5.23. The van der Waals surface area contributed by atoms with E-state index in [1.54, 1.807) is 0 Å². The van der Waals surface area contributed by atoms with E-state index < -0.39 is 0 Å². The maximum absolute atomic E-state index is 12.0. The van der Waals surface area contributed by atoms with Crippen molar-refractivity contribution in [1.29, 1.82) is 0 Å². The lowest BCUT2D eigenvalue weighted by molar-refractivity contribution is -0.122. The maximum Gasteiger partial charge on any atom is 0.220 e. The van der Waals surface area contributed by atoms with Crippen molar-refractivity contribution in [1.82, 2.24) is 5.32 Å². The number of hydrogen-bond donors (Lipinski definition) is 2. The van der Waals surface area contributed by atoms with Gasteiger partial charge in [-0.05, 0) is 45.1 Å². The second-order valence-electron chi connectivity index (χ2n) is 5.92. The van der Waals surface area contributed by atoms with Crippen LogP contribution in [0.25, 0.3) is 0 Å². The molecule has 1 saturated carbocycles. The topological polar surface area (TPSA) is 64.4 Å². The van der Waals surface area contributed by atoms with Gasteiger partial charge in [-0.2, -0.15) is 0 Å². The number of halogens is 1. The number of rotatable bonds is 7. The third-order valence-corrected chi connectivity index (χ3v) is 4.49. The van der Waals surface area contributed by atoms with E-state index in [1.807, 2.05) is 0 Å². The first-order valence-electron chi connectivity index (χ1n) is 7.92. The molecule has 0 aromatic carbocycles. The minimum atomic E-state index is 0. The molecule has 0 spiro atoms. The lowest BCUT2D eigenvalue weighted by Gasteiger charge is -2.33. The van der Waals surface area contributed by atoms with Crippen molar-refractivity contribution in [3.63, 3.8) is 0 Å². The molecular weight excluding hydrogens is 276 g/mol. The number of hydrogen-bond acceptors (Lipinski definition) is 3. The number of nitrogens with one attached hydrogen (secondary N) is 1. The monoisotopic (exact) mass is 304 g/mol. The van der Waals surface area contributed by atoms with E-state index in [2.05, 4.69) is 5.32 Å². The standard InChI is InChI=1S/C15H28N2O2.ClH/c16-10-4-2-1-3-8-15(18)17-13-6-5-7-14-12(13)9-11-19-14;/h12-14H,1-11,16H2,(H,17,18);1H. The van der Waals surface area contributed by atoms with E-state index >= 15 is 0 Å². The minimum Gasteiger partial charge on any atom is -0.378 e. The Bertz CT molecular complexity index is 289. The molecule has 3 unspecified atom stereocenters. The predicted octanol–water partition coefficient (Wildman–Crippen LogP) is 2.39. The van der Waals surface area contributed by atoms with Crippen LogP contribution >= 0.6 is 12.4 Å². The van der Waals surface area contributed by atoms with Crippen molar-refractivity contribution in [2.75, 3.05) is 13.2 Å². The van der Waals surface area contributed by atoms with Crippen LogP contribution in [0.15, 0.2) is 0 Å². The second kappa shape index (κ2) is 9.59. The Morgan fingerprint density at radius 3 is 2.75 bits per heavy atom. The number of ether oxygens (including phenoxy) is 1. The molecule has 1 aliphatic heterocycles. The first kappa shape index (κ1) is 17.7. The number of unbranched alkanes of at least 4 members (excludes halogenated alkanes) is 3. The van der Waals surface area contributed by atoms with Gasteiger partial charge in [-0.3, -0.25) is 4.79 Å². The van der Waals surface area contributed by atoms with Gasteiger partial charge in [-0.25, -0.2) is 0 Å². The number of carbonyl (C=O) groups is 1. The Labute approximate surface area is 128 Å². The summed E-state index contributed by atoms with van der Waals surface area (Å²) in [7, 11) is 0. The summed E-state index contributed by atoms with van der Waals surface area (Å²) in [5.74, 6) is 0.792. The highest BCUT2D eigenvalue weighted by Gasteiger charge is 2.38. The van der Waals surface area contributed by atoms with Crippen LogP contribution < -0.4 is 11.1 Å². The summed E-state index contributed by atoms with van der Waals surface area (Å²) >= 11 is 0. The van der Waals surface area contributed by atoms with Crippen LogP contribution in [-0.2, 0) is 9.53 Å². The highest BCUT2D eigenvalue weighted by Crippen LogP contribution is 2.34. The van der Waals surface area contributed by atoms with Crippen LogP contribution in [0.4, 0.5) is 0 Å². The molecule has 118 valence electrons. The number of fused-ring (bicyclic) bond motifs is 1. The Balaban J connectivity index is 0.00000200. The average molecular weight is 305 g/mol. The fourth-order valence-electron chi connectivity index (χ4n) is 3.42. The van der Waals surface area contributed by atoms with Crippen LogP contribution in [0.1, 0.15) is 57.8 Å². The summed E-state index contributed by atoms with van der Waals surface area (Å²) in [6.45, 7) is 1.64. The lowest BCUT2D eigenvalue weighted by Crippen LogP contribution is -2.45. The molecule has 0 aromatic heterocycles. The van der Waals surface area contributed by atoms with Crippen LogP contribution in [0.2, 0.25) is 0 Å². The Morgan fingerprint density at radius 1 is 1.15 bits per heavy atom. The van der Waals surface area contributed by atoms with Crippen molar-refractivity contribution in [3.05, 3.63) is 0 Å². The molecule has 0 bridgehead atoms. The van der Waals surface area contributed by atoms with Crippen molar-refractivity contribution in [2.45, 2.75) is 69.9 Å². The lowest BCUT2D eigenvalue weighted by atomic mass is 9.82. The molecule has 3 atom stereocenters. The van der Waals surface area contributed by atoms with E-state index in [4.69, 9.17) is 10.5 Å². The molecule has 2 fully saturated rings. The largest absolute Gasteiger partial charge is 0.378 e. The molecule has 3 N–H and O–H groups in total. The average Bonchev–Trinajstić information content (AvgIpc) is 2.88. The summed E-state index contributed by atoms with van der Waals surface area (Å²) in [6.07, 6.45) is 10.0. The quantitative estimate of drug-likeness (QED) is 0.710. The molecular formula is C15H29ClN2O2. The van der Waals surface area contributed by atoms with Gasteiger partial charge >= 0.3 is 0 Å². The summed E-state index contributed by atoms with van der Waals surface area (Å²) in [6, 6.07) is 0.359. The van der Waals surface area contributed by atoms with Crippen LogP contribution in [-0.4, -0.2) is 31.2 Å². The molecule has 2 aliphatic rings. The Morgan fingerprint density at radius 2 is 1.95 bits per heavy atom. The molecule has 5 heteroatoms. The molecule has 1 saturated heterocycles. The second-order valence-corrected chi connectivity index (χ2v) is 5.92. The van der Waals surface area contributed by atoms with Gasteiger partial charge < -0.3 is 15.8 Å². The third-order valence-electron chi connectivity index (χ3n) is 4.49. The van der Waals surface area contributed by atoms with E-state index in [0.29, 0.717) is 24.5 Å². The number of carbonyl (C=O) groups excluding carboxylic acids is 1. The maximum atomic E-state index is 12.0. The highest BCUT2D eigenvalue weighted by molar-refractivity contribution is 5.85. The van der Waals surface area contributed by atoms with Crippen molar-refractivity contribution >= 4 is 18.3 Å². The van der Waals surface area contributed by atoms with Crippen LogP contribution in [0, 0.1) is 5.92 Å². The van der Waals surface area contributed by atoms with Gasteiger partial charge in [0.15, 0.2) is 0 Å². The van der Waals surface area contributed by atoms with E-state index in [9.17, 15) is 4.79 Å². The fraction of sp³-hybridized carbons (Fsp3) is 0.933. The molecule has 20 heavy (non-hydrogen) atoms. The summed E-state index contributed by atoms with van der Waals surface area (Å²) < 4.78 is 5.73. The zero-order valence-electron chi connectivity index (χ0n) is 12.3. The van der Waals surface area contributed by atoms with E-state index in [-0.39, 0.29) is 18.3 Å². The fourth-order valence-corrected chi connectivity index (χ4v) is 3.42. The zero-order valence-corrected chi connectivity index (χ0v) is 13.1. The Kier molecular flexibility index (Phi) is 8.50. The van der Waals surface area contributed by atoms with Gasteiger partial charge in [-0.15, -0.1) is 12.4 Å². The minimum absolute atomic E-state index is 0. The van der Waals surface area contributed by atoms with Crippen molar-refractivity contribution in [3.8, 4) is 0 Å². The number of nitrogens with two attached hydrogens (primary N) is 1. The van der Waals surface area contributed by atoms with Crippen LogP contribution in [0.3, 0.4) is 0 Å². The summed E-state index contributed by atoms with van der Waals surface area (Å²) in [4.78, 5) is 12.0. The normalized spacial score (nSPS) is 28.6. The van der Waals surface area contributed by atoms with Gasteiger partial charge in [0.2, 0.25) is 5.91 Å². The zero-order chi connectivity index (χ0) is 13.5. The van der Waals surface area contributed by atoms with Gasteiger partial charge in [-0.1, -0.05) is 12.8 Å². The van der Waals surface area contributed by atoms with Crippen molar-refractivity contribution < 1.29 is 9.53 Å². The highest BCUT2D eigenvalue weighted by atomic mass is 35.5. The predicted molar refractivity (Wildman–Crippen MR) is 83.0 cm³/mol. The first-order valence-corrected chi connectivity index (χ1v) is 7.92. The Hall–Kier alpha value is -0.320. The van der Waals surface area contributed by atoms with Gasteiger partial charge in [0.1, 0.15) is 0 Å². The van der Waals surface area contributed by atoms with Gasteiger partial charge in [0, 0.05) is 25.0 Å². The van der Waals surface area contributed by atoms with E-state index in [0.717, 1.165) is 51.7 Å². The van der Waals surface area contributed by atoms with Gasteiger partial charge in [0.25, 0.3) is 0 Å². The number of amides is 1. The SMILES string of the molecule is Cl.NCCCCCCC(=O)NC1CCCC2OCCC12.